The minimum absolute atomic E-state index is 0.0664. The van der Waals surface area contributed by atoms with Gasteiger partial charge in [-0.3, -0.25) is 4.79 Å². The minimum atomic E-state index is -1.07. The minimum Gasteiger partial charge on any atom is -0.316 e. The van der Waals surface area contributed by atoms with E-state index in [9.17, 15) is 9.18 Å². The number of nitrogens with one attached hydrogen (secondary N) is 1. The van der Waals surface area contributed by atoms with E-state index < -0.39 is 11.7 Å². The Kier molecular flexibility index (Phi) is 3.47. The maximum Gasteiger partial charge on any atom is 0.283 e. The Balaban J connectivity index is 2.88. The highest BCUT2D eigenvalue weighted by Gasteiger charge is 2.14. The standard InChI is InChI=1S/C9H11ClFN3O/c1-5(2)14-8(10)7(4-12-14)13-9(15)6(3)11/h4-5H,3H2,1-2H3,(H,13,15). The van der Waals surface area contributed by atoms with Gasteiger partial charge in [0.2, 0.25) is 0 Å². The van der Waals surface area contributed by atoms with Crippen molar-refractivity contribution in [3.05, 3.63) is 23.8 Å². The average molecular weight is 232 g/mol. The third-order valence-corrected chi connectivity index (χ3v) is 2.10. The summed E-state index contributed by atoms with van der Waals surface area (Å²) in [6.45, 7) is 6.65. The highest BCUT2D eigenvalue weighted by Crippen LogP contribution is 2.24. The zero-order chi connectivity index (χ0) is 11.6. The van der Waals surface area contributed by atoms with E-state index in [0.717, 1.165) is 0 Å². The average Bonchev–Trinajstić information content (AvgIpc) is 2.48. The van der Waals surface area contributed by atoms with Gasteiger partial charge in [-0.1, -0.05) is 18.2 Å². The lowest BCUT2D eigenvalue weighted by atomic mass is 10.4. The number of anilines is 1. The lowest BCUT2D eigenvalue weighted by Crippen LogP contribution is -2.11. The summed E-state index contributed by atoms with van der Waals surface area (Å²) in [6, 6.07) is 0.0664. The van der Waals surface area contributed by atoms with E-state index in [1.54, 1.807) is 0 Å². The van der Waals surface area contributed by atoms with Gasteiger partial charge >= 0.3 is 0 Å². The molecular weight excluding hydrogens is 221 g/mol. The molecule has 1 N–H and O–H groups in total. The first-order valence-corrected chi connectivity index (χ1v) is 4.70. The zero-order valence-electron chi connectivity index (χ0n) is 8.42. The molecule has 0 spiro atoms. The van der Waals surface area contributed by atoms with Gasteiger partial charge in [-0.2, -0.15) is 5.10 Å². The molecule has 1 aromatic rings. The predicted octanol–water partition coefficient (Wildman–Crippen LogP) is 2.54. The topological polar surface area (TPSA) is 46.9 Å². The van der Waals surface area contributed by atoms with Crippen molar-refractivity contribution in [3.63, 3.8) is 0 Å². The van der Waals surface area contributed by atoms with Crippen LogP contribution in [0.2, 0.25) is 5.15 Å². The third-order valence-electron chi connectivity index (χ3n) is 1.72. The fraction of sp³-hybridized carbons (Fsp3) is 0.333. The van der Waals surface area contributed by atoms with E-state index in [1.165, 1.54) is 10.9 Å². The summed E-state index contributed by atoms with van der Waals surface area (Å²) < 4.78 is 13.9. The molecule has 0 saturated carbocycles. The van der Waals surface area contributed by atoms with Crippen molar-refractivity contribution in [1.29, 1.82) is 0 Å². The molecule has 1 heterocycles. The van der Waals surface area contributed by atoms with E-state index in [4.69, 9.17) is 11.6 Å². The Morgan fingerprint density at radius 2 is 2.33 bits per heavy atom. The molecular formula is C9H11ClFN3O. The van der Waals surface area contributed by atoms with Crippen molar-refractivity contribution >= 4 is 23.2 Å². The van der Waals surface area contributed by atoms with Gasteiger partial charge in [0.25, 0.3) is 5.91 Å². The van der Waals surface area contributed by atoms with Crippen LogP contribution in [0.5, 0.6) is 0 Å². The fourth-order valence-corrected chi connectivity index (χ4v) is 1.32. The van der Waals surface area contributed by atoms with Crippen LogP contribution in [0.3, 0.4) is 0 Å². The smallest absolute Gasteiger partial charge is 0.283 e. The van der Waals surface area contributed by atoms with Crippen molar-refractivity contribution in [2.24, 2.45) is 0 Å². The summed E-state index contributed by atoms with van der Waals surface area (Å²) in [6.07, 6.45) is 1.36. The number of rotatable bonds is 3. The maximum absolute atomic E-state index is 12.4. The molecule has 15 heavy (non-hydrogen) atoms. The Morgan fingerprint density at radius 3 is 2.73 bits per heavy atom. The van der Waals surface area contributed by atoms with Crippen molar-refractivity contribution in [3.8, 4) is 0 Å². The fourth-order valence-electron chi connectivity index (χ4n) is 0.981. The first-order valence-electron chi connectivity index (χ1n) is 4.32. The SMILES string of the molecule is C=C(F)C(=O)Nc1cnn(C(C)C)c1Cl. The second-order valence-electron chi connectivity index (χ2n) is 3.25. The summed E-state index contributed by atoms with van der Waals surface area (Å²) >= 11 is 5.90. The van der Waals surface area contributed by atoms with E-state index in [0.29, 0.717) is 0 Å². The van der Waals surface area contributed by atoms with E-state index in [-0.39, 0.29) is 16.9 Å². The lowest BCUT2D eigenvalue weighted by molar-refractivity contribution is -0.114. The third kappa shape index (κ3) is 2.56. The molecule has 0 saturated heterocycles. The van der Waals surface area contributed by atoms with Crippen LogP contribution in [-0.2, 0) is 4.79 Å². The van der Waals surface area contributed by atoms with Crippen LogP contribution in [-0.4, -0.2) is 15.7 Å². The number of carbonyl (C=O) groups excluding carboxylic acids is 1. The Labute approximate surface area is 91.7 Å². The van der Waals surface area contributed by atoms with E-state index >= 15 is 0 Å². The number of hydrogen-bond acceptors (Lipinski definition) is 2. The number of amides is 1. The van der Waals surface area contributed by atoms with Gasteiger partial charge in [-0.05, 0) is 13.8 Å². The van der Waals surface area contributed by atoms with E-state index in [1.807, 2.05) is 13.8 Å². The molecule has 1 amide bonds. The van der Waals surface area contributed by atoms with Crippen LogP contribution in [0.25, 0.3) is 0 Å². The van der Waals surface area contributed by atoms with Crippen LogP contribution in [0.4, 0.5) is 10.1 Å². The first kappa shape index (κ1) is 11.7. The van der Waals surface area contributed by atoms with Crippen LogP contribution < -0.4 is 5.32 Å². The Bertz CT molecular complexity index is 400. The molecule has 1 aromatic heterocycles. The molecule has 0 aliphatic heterocycles. The van der Waals surface area contributed by atoms with Crippen LogP contribution in [0.15, 0.2) is 18.6 Å². The molecule has 0 aliphatic carbocycles. The van der Waals surface area contributed by atoms with Gasteiger partial charge < -0.3 is 5.32 Å². The highest BCUT2D eigenvalue weighted by atomic mass is 35.5. The van der Waals surface area contributed by atoms with Crippen LogP contribution >= 0.6 is 11.6 Å². The molecule has 0 radical (unpaired) electrons. The quantitative estimate of drug-likeness (QED) is 0.813. The second kappa shape index (κ2) is 4.44. The molecule has 0 unspecified atom stereocenters. The maximum atomic E-state index is 12.4. The molecule has 0 aliphatic rings. The largest absolute Gasteiger partial charge is 0.316 e. The van der Waals surface area contributed by atoms with Gasteiger partial charge in [0.1, 0.15) is 0 Å². The molecule has 6 heteroatoms. The van der Waals surface area contributed by atoms with Gasteiger partial charge in [0, 0.05) is 6.04 Å². The number of carbonyl (C=O) groups is 1. The number of aromatic nitrogens is 2. The van der Waals surface area contributed by atoms with Gasteiger partial charge in [-0.25, -0.2) is 9.07 Å². The summed E-state index contributed by atoms with van der Waals surface area (Å²) in [5.41, 5.74) is 0.272. The predicted molar refractivity (Wildman–Crippen MR) is 56.5 cm³/mol. The molecule has 1 rings (SSSR count). The summed E-state index contributed by atoms with van der Waals surface area (Å²) in [5, 5.41) is 6.47. The summed E-state index contributed by atoms with van der Waals surface area (Å²) in [4.78, 5) is 11.0. The van der Waals surface area contributed by atoms with Crippen molar-refractivity contribution in [1.82, 2.24) is 9.78 Å². The van der Waals surface area contributed by atoms with Crippen LogP contribution in [0, 0.1) is 0 Å². The number of halogens is 2. The zero-order valence-corrected chi connectivity index (χ0v) is 9.18. The molecule has 0 bridgehead atoms. The first-order chi connectivity index (χ1) is 6.93. The molecule has 0 atom stereocenters. The second-order valence-corrected chi connectivity index (χ2v) is 3.60. The molecule has 0 fully saturated rings. The monoisotopic (exact) mass is 231 g/mol. The van der Waals surface area contributed by atoms with Crippen LogP contribution in [0.1, 0.15) is 19.9 Å². The lowest BCUT2D eigenvalue weighted by Gasteiger charge is -2.07. The molecule has 82 valence electrons. The Morgan fingerprint density at radius 1 is 1.73 bits per heavy atom. The molecule has 4 nitrogen and oxygen atoms in total. The van der Waals surface area contributed by atoms with E-state index in [2.05, 4.69) is 17.0 Å². The van der Waals surface area contributed by atoms with Crippen molar-refractivity contribution < 1.29 is 9.18 Å². The number of hydrogen-bond donors (Lipinski definition) is 1. The van der Waals surface area contributed by atoms with Gasteiger partial charge in [-0.15, -0.1) is 0 Å². The normalized spacial score (nSPS) is 10.5. The Hall–Kier alpha value is -1.36. The molecule has 0 aromatic carbocycles. The van der Waals surface area contributed by atoms with Crippen molar-refractivity contribution in [2.45, 2.75) is 19.9 Å². The number of nitrogens with zero attached hydrogens (tertiary/aromatic N) is 2. The summed E-state index contributed by atoms with van der Waals surface area (Å²) in [5.74, 6) is -1.98. The van der Waals surface area contributed by atoms with Crippen molar-refractivity contribution in [2.75, 3.05) is 5.32 Å². The van der Waals surface area contributed by atoms with Gasteiger partial charge in [0.15, 0.2) is 11.0 Å². The highest BCUT2D eigenvalue weighted by molar-refractivity contribution is 6.32. The summed E-state index contributed by atoms with van der Waals surface area (Å²) in [7, 11) is 0. The van der Waals surface area contributed by atoms with Gasteiger partial charge in [0.05, 0.1) is 11.9 Å².